The molecule has 1 aliphatic carbocycles. The first-order valence-electron chi connectivity index (χ1n) is 21.2. The van der Waals surface area contributed by atoms with Gasteiger partial charge in [-0.1, -0.05) is 104 Å². The van der Waals surface area contributed by atoms with Crippen LogP contribution in [0.25, 0.3) is 33.6 Å². The van der Waals surface area contributed by atoms with Crippen LogP contribution in [0.3, 0.4) is 0 Å². The molecule has 3 atom stereocenters. The van der Waals surface area contributed by atoms with E-state index in [2.05, 4.69) is 62.3 Å². The predicted molar refractivity (Wildman–Crippen MR) is 227 cm³/mol. The van der Waals surface area contributed by atoms with Gasteiger partial charge in [-0.25, -0.2) is 14.8 Å². The van der Waals surface area contributed by atoms with Gasteiger partial charge in [0.2, 0.25) is 11.8 Å². The summed E-state index contributed by atoms with van der Waals surface area (Å²) in [5.74, 6) is 0.448. The molecule has 3 N–H and O–H groups in total. The minimum atomic E-state index is -1.11. The highest BCUT2D eigenvalue weighted by Crippen LogP contribution is 2.37. The van der Waals surface area contributed by atoms with E-state index in [0.717, 1.165) is 110 Å². The minimum Gasteiger partial charge on any atom is -0.476 e. The number of rotatable bonds is 11. The number of aromatic carboxylic acids is 1. The summed E-state index contributed by atoms with van der Waals surface area (Å²) >= 11 is 0. The number of likely N-dealkylation sites (tertiary alicyclic amines) is 3. The van der Waals surface area contributed by atoms with Crippen LogP contribution in [-0.2, 0) is 16.0 Å². The third-order valence-corrected chi connectivity index (χ3v) is 12.5. The topological polar surface area (TPSA) is 139 Å². The smallest absolute Gasteiger partial charge is 0.356 e. The van der Waals surface area contributed by atoms with Crippen LogP contribution in [0.5, 0.6) is 0 Å². The molecule has 3 aromatic carbocycles. The monoisotopic (exact) mass is 789 g/mol. The highest BCUT2D eigenvalue weighted by atomic mass is 16.4. The molecule has 11 heteroatoms. The molecular formula is C48H51N7O4. The number of piperidine rings is 1. The number of nitrogens with one attached hydrogen (secondary N) is 2. The summed E-state index contributed by atoms with van der Waals surface area (Å²) in [6.07, 6.45) is 17.2. The van der Waals surface area contributed by atoms with Crippen LogP contribution >= 0.6 is 0 Å². The molecular weight excluding hydrogens is 739 g/mol. The quantitative estimate of drug-likeness (QED) is 0.122. The molecule has 3 fully saturated rings. The molecule has 0 saturated carbocycles. The number of hydrogen-bond acceptors (Lipinski definition) is 6. The van der Waals surface area contributed by atoms with E-state index in [1.165, 1.54) is 12.0 Å². The number of hydrogen-bond donors (Lipinski definition) is 3. The average Bonchev–Trinajstić information content (AvgIpc) is 4.12. The van der Waals surface area contributed by atoms with Crippen molar-refractivity contribution < 1.29 is 19.5 Å². The van der Waals surface area contributed by atoms with Crippen LogP contribution in [-0.4, -0.2) is 89.7 Å². The Morgan fingerprint density at radius 2 is 1.39 bits per heavy atom. The minimum absolute atomic E-state index is 0.0377. The number of nitrogens with zero attached hydrogens (tertiary/aromatic N) is 5. The second kappa shape index (κ2) is 17.0. The van der Waals surface area contributed by atoms with Gasteiger partial charge < -0.3 is 24.9 Å². The fraction of sp³-hybridized carbons (Fsp3) is 0.354. The van der Waals surface area contributed by atoms with Gasteiger partial charge in [-0.3, -0.25) is 14.5 Å². The van der Waals surface area contributed by atoms with Gasteiger partial charge in [0.05, 0.1) is 36.1 Å². The second-order valence-electron chi connectivity index (χ2n) is 16.3. The van der Waals surface area contributed by atoms with Gasteiger partial charge in [-0.2, -0.15) is 0 Å². The van der Waals surface area contributed by atoms with E-state index in [1.807, 2.05) is 70.6 Å². The Bertz CT molecular complexity index is 2360. The summed E-state index contributed by atoms with van der Waals surface area (Å²) in [6.45, 7) is 3.18. The van der Waals surface area contributed by atoms with Crippen molar-refractivity contribution >= 4 is 17.8 Å². The molecule has 9 rings (SSSR count). The molecule has 302 valence electrons. The van der Waals surface area contributed by atoms with Crippen molar-refractivity contribution in [3.05, 3.63) is 132 Å². The van der Waals surface area contributed by atoms with Gasteiger partial charge in [0.1, 0.15) is 17.7 Å². The van der Waals surface area contributed by atoms with Crippen LogP contribution < -0.4 is 0 Å². The van der Waals surface area contributed by atoms with Crippen molar-refractivity contribution in [1.82, 2.24) is 34.6 Å². The summed E-state index contributed by atoms with van der Waals surface area (Å²) in [7, 11) is 0. The summed E-state index contributed by atoms with van der Waals surface area (Å²) in [5, 5.41) is 10.3. The third-order valence-electron chi connectivity index (χ3n) is 12.5. The van der Waals surface area contributed by atoms with Crippen LogP contribution in [0.15, 0.2) is 109 Å². The lowest BCUT2D eigenvalue weighted by Gasteiger charge is -2.38. The van der Waals surface area contributed by atoms with Crippen molar-refractivity contribution in [2.75, 3.05) is 26.2 Å². The zero-order valence-electron chi connectivity index (χ0n) is 33.4. The van der Waals surface area contributed by atoms with Crippen LogP contribution in [0, 0.1) is 0 Å². The van der Waals surface area contributed by atoms with Crippen molar-refractivity contribution in [2.24, 2.45) is 0 Å². The lowest BCUT2D eigenvalue weighted by Crippen LogP contribution is -2.51. The Morgan fingerprint density at radius 3 is 2.07 bits per heavy atom. The molecule has 0 radical (unpaired) electrons. The lowest BCUT2D eigenvalue weighted by atomic mass is 9.93. The van der Waals surface area contributed by atoms with Crippen molar-refractivity contribution in [2.45, 2.75) is 82.3 Å². The van der Waals surface area contributed by atoms with E-state index >= 15 is 0 Å². The number of carboxylic acid groups (broad SMARTS) is 1. The summed E-state index contributed by atoms with van der Waals surface area (Å²) in [6, 6.07) is 25.3. The van der Waals surface area contributed by atoms with E-state index in [4.69, 9.17) is 4.98 Å². The normalized spacial score (nSPS) is 20.2. The Labute approximate surface area is 344 Å². The standard InChI is InChI=1S/C48H51N7O4/c56-41(30-32-12-4-1-5-13-32)54-28-10-16-39(54)45-49-31-38(50-45)35-22-18-33(19-23-35)34-20-24-36(25-21-34)42-43(48(58)59)52-46(51-42)40-17-11-29-55(40)47(57)44(37-14-6-2-7-15-37)53-26-8-3-9-27-53/h1-2,4-6,12-14,18-25,31,39-40,44H,3,7-11,15-17,26-30H2,(H,49,50)(H,51,52)(H,58,59)/t39-,40-,44+/m0/s1. The second-order valence-corrected chi connectivity index (χ2v) is 16.3. The van der Waals surface area contributed by atoms with E-state index in [9.17, 15) is 19.5 Å². The largest absolute Gasteiger partial charge is 0.476 e. The van der Waals surface area contributed by atoms with Crippen LogP contribution in [0.4, 0.5) is 0 Å². The molecule has 59 heavy (non-hydrogen) atoms. The maximum atomic E-state index is 14.5. The first kappa shape index (κ1) is 38.4. The molecule has 0 bridgehead atoms. The Balaban J connectivity index is 0.897. The fourth-order valence-electron chi connectivity index (χ4n) is 9.51. The van der Waals surface area contributed by atoms with Crippen molar-refractivity contribution in [3.8, 4) is 33.6 Å². The highest BCUT2D eigenvalue weighted by molar-refractivity contribution is 5.93. The van der Waals surface area contributed by atoms with E-state index in [0.29, 0.717) is 24.5 Å². The molecule has 5 aromatic rings. The number of amides is 2. The van der Waals surface area contributed by atoms with Crippen LogP contribution in [0.1, 0.15) is 97.6 Å². The number of carbonyl (C=O) groups is 3. The van der Waals surface area contributed by atoms with Gasteiger partial charge in [0.25, 0.3) is 0 Å². The van der Waals surface area contributed by atoms with Gasteiger partial charge in [-0.05, 0) is 92.3 Å². The van der Waals surface area contributed by atoms with Gasteiger partial charge >= 0.3 is 5.97 Å². The fourth-order valence-corrected chi connectivity index (χ4v) is 9.51. The lowest BCUT2D eigenvalue weighted by molar-refractivity contribution is -0.137. The first-order valence-corrected chi connectivity index (χ1v) is 21.2. The van der Waals surface area contributed by atoms with E-state index in [1.54, 1.807) is 0 Å². The number of allylic oxidation sites excluding steroid dienone is 3. The Kier molecular flexibility index (Phi) is 11.1. The van der Waals surface area contributed by atoms with Gasteiger partial charge in [-0.15, -0.1) is 0 Å². The van der Waals surface area contributed by atoms with Crippen LogP contribution in [0.2, 0.25) is 0 Å². The summed E-state index contributed by atoms with van der Waals surface area (Å²) < 4.78 is 0. The number of aromatic nitrogens is 4. The first-order chi connectivity index (χ1) is 28.9. The van der Waals surface area contributed by atoms with E-state index < -0.39 is 5.97 Å². The zero-order chi connectivity index (χ0) is 40.3. The molecule has 5 heterocycles. The number of benzene rings is 3. The summed E-state index contributed by atoms with van der Waals surface area (Å²) in [5.41, 5.74) is 7.21. The summed E-state index contributed by atoms with van der Waals surface area (Å²) in [4.78, 5) is 62.8. The maximum absolute atomic E-state index is 14.5. The Morgan fingerprint density at radius 1 is 0.729 bits per heavy atom. The number of carboxylic acids is 1. The highest BCUT2D eigenvalue weighted by Gasteiger charge is 2.40. The Hall–Kier alpha value is -6.07. The van der Waals surface area contributed by atoms with Gasteiger partial charge in [0, 0.05) is 18.7 Å². The molecule has 0 unspecified atom stereocenters. The molecule has 3 aliphatic heterocycles. The molecule has 2 amide bonds. The molecule has 4 aliphatic rings. The number of H-pyrrole nitrogens is 2. The third kappa shape index (κ3) is 8.04. The van der Waals surface area contributed by atoms with Crippen molar-refractivity contribution in [3.63, 3.8) is 0 Å². The molecule has 0 spiro atoms. The van der Waals surface area contributed by atoms with Crippen molar-refractivity contribution in [1.29, 1.82) is 0 Å². The van der Waals surface area contributed by atoms with Gasteiger partial charge in [0.15, 0.2) is 5.69 Å². The molecule has 3 saturated heterocycles. The number of imidazole rings is 2. The average molecular weight is 790 g/mol. The van der Waals surface area contributed by atoms with E-state index in [-0.39, 0.29) is 35.6 Å². The number of carbonyl (C=O) groups excluding carboxylic acids is 2. The molecule has 11 nitrogen and oxygen atoms in total. The zero-order valence-corrected chi connectivity index (χ0v) is 33.4. The number of aromatic amines is 2. The predicted octanol–water partition coefficient (Wildman–Crippen LogP) is 8.53. The maximum Gasteiger partial charge on any atom is 0.356 e. The SMILES string of the molecule is O=C(O)c1nc([C@@H]2CCCN2C(=O)[C@@H](C2=CC=CCC2)N2CCCCC2)[nH]c1-c1ccc(-c2ccc(-c3cnc([C@@H]4CCCN4C(=O)Cc4ccccc4)[nH]3)cc2)cc1. The molecule has 2 aromatic heterocycles.